The zero-order chi connectivity index (χ0) is 22.0. The van der Waals surface area contributed by atoms with Gasteiger partial charge < -0.3 is 10.2 Å². The van der Waals surface area contributed by atoms with Crippen LogP contribution in [-0.2, 0) is 9.59 Å². The summed E-state index contributed by atoms with van der Waals surface area (Å²) in [5.74, 6) is 1.32. The predicted octanol–water partition coefficient (Wildman–Crippen LogP) is 4.75. The van der Waals surface area contributed by atoms with Crippen LogP contribution in [0.25, 0.3) is 5.69 Å². The Balaban J connectivity index is 1.47. The van der Waals surface area contributed by atoms with Gasteiger partial charge in [-0.05, 0) is 37.8 Å². The van der Waals surface area contributed by atoms with E-state index in [2.05, 4.69) is 11.4 Å². The van der Waals surface area contributed by atoms with Gasteiger partial charge in [-0.2, -0.15) is 5.10 Å². The molecule has 1 aliphatic carbocycles. The normalized spacial score (nSPS) is 18.4. The maximum absolute atomic E-state index is 13.1. The molecule has 1 saturated carbocycles. The molecule has 0 bridgehead atoms. The van der Waals surface area contributed by atoms with E-state index in [0.717, 1.165) is 17.2 Å². The maximum Gasteiger partial charge on any atom is 0.228 e. The van der Waals surface area contributed by atoms with Gasteiger partial charge in [0.05, 0.1) is 11.4 Å². The standard InChI is InChI=1S/C25H34N4O2/c1-25(2,3)24(31)28-15-13-19(14-16-28)23(30)26-22-17-21(18-9-7-8-10-18)27-29(22)20-11-5-4-6-12-20/h4-6,11-12,17-19H,7-10,13-16H2,1-3H3,(H,26,30). The predicted molar refractivity (Wildman–Crippen MR) is 122 cm³/mol. The fourth-order valence-electron chi connectivity index (χ4n) is 4.72. The van der Waals surface area contributed by atoms with Gasteiger partial charge in [-0.1, -0.05) is 51.8 Å². The Morgan fingerprint density at radius 2 is 1.65 bits per heavy atom. The number of hydrogen-bond acceptors (Lipinski definition) is 3. The molecule has 4 rings (SSSR count). The van der Waals surface area contributed by atoms with Gasteiger partial charge in [-0.15, -0.1) is 0 Å². The van der Waals surface area contributed by atoms with Crippen LogP contribution < -0.4 is 5.32 Å². The minimum Gasteiger partial charge on any atom is -0.342 e. The second kappa shape index (κ2) is 8.85. The highest BCUT2D eigenvalue weighted by Crippen LogP contribution is 2.35. The van der Waals surface area contributed by atoms with Crippen molar-refractivity contribution < 1.29 is 9.59 Å². The molecule has 2 aromatic rings. The summed E-state index contributed by atoms with van der Waals surface area (Å²) < 4.78 is 1.86. The summed E-state index contributed by atoms with van der Waals surface area (Å²) in [6.45, 7) is 7.11. The highest BCUT2D eigenvalue weighted by Gasteiger charge is 2.33. The van der Waals surface area contributed by atoms with E-state index in [-0.39, 0.29) is 23.1 Å². The highest BCUT2D eigenvalue weighted by molar-refractivity contribution is 5.92. The molecule has 166 valence electrons. The van der Waals surface area contributed by atoms with Crippen LogP contribution in [0.5, 0.6) is 0 Å². The van der Waals surface area contributed by atoms with Gasteiger partial charge in [0.1, 0.15) is 5.82 Å². The number of benzene rings is 1. The molecule has 31 heavy (non-hydrogen) atoms. The number of nitrogens with one attached hydrogen (secondary N) is 1. The smallest absolute Gasteiger partial charge is 0.228 e. The molecule has 1 N–H and O–H groups in total. The quantitative estimate of drug-likeness (QED) is 0.773. The summed E-state index contributed by atoms with van der Waals surface area (Å²) in [6.07, 6.45) is 6.22. The maximum atomic E-state index is 13.1. The lowest BCUT2D eigenvalue weighted by Crippen LogP contribution is -2.45. The lowest BCUT2D eigenvalue weighted by molar-refractivity contribution is -0.142. The molecule has 1 aromatic carbocycles. The molecular weight excluding hydrogens is 388 g/mol. The van der Waals surface area contributed by atoms with Crippen LogP contribution in [-0.4, -0.2) is 39.6 Å². The van der Waals surface area contributed by atoms with Gasteiger partial charge in [0.2, 0.25) is 11.8 Å². The number of carbonyl (C=O) groups excluding carboxylic acids is 2. The van der Waals surface area contributed by atoms with E-state index in [0.29, 0.717) is 31.8 Å². The molecule has 0 atom stereocenters. The zero-order valence-corrected chi connectivity index (χ0v) is 18.9. The minimum absolute atomic E-state index is 0.0258. The van der Waals surface area contributed by atoms with E-state index in [1.165, 1.54) is 25.7 Å². The summed E-state index contributed by atoms with van der Waals surface area (Å²) in [5.41, 5.74) is 1.64. The van der Waals surface area contributed by atoms with Crippen molar-refractivity contribution in [2.75, 3.05) is 18.4 Å². The van der Waals surface area contributed by atoms with Crippen molar-refractivity contribution in [2.24, 2.45) is 11.3 Å². The van der Waals surface area contributed by atoms with Crippen LogP contribution in [0.3, 0.4) is 0 Å². The molecule has 1 aromatic heterocycles. The van der Waals surface area contributed by atoms with Crippen LogP contribution in [0, 0.1) is 11.3 Å². The van der Waals surface area contributed by atoms with Crippen molar-refractivity contribution in [3.8, 4) is 5.69 Å². The molecule has 0 radical (unpaired) electrons. The lowest BCUT2D eigenvalue weighted by Gasteiger charge is -2.35. The van der Waals surface area contributed by atoms with E-state index in [1.54, 1.807) is 0 Å². The van der Waals surface area contributed by atoms with Crippen molar-refractivity contribution in [1.29, 1.82) is 0 Å². The Morgan fingerprint density at radius 3 is 2.26 bits per heavy atom. The van der Waals surface area contributed by atoms with Crippen LogP contribution in [0.15, 0.2) is 36.4 Å². The van der Waals surface area contributed by atoms with Crippen LogP contribution in [0.1, 0.15) is 70.9 Å². The van der Waals surface area contributed by atoms with Crippen LogP contribution >= 0.6 is 0 Å². The number of anilines is 1. The van der Waals surface area contributed by atoms with Gasteiger partial charge in [0.25, 0.3) is 0 Å². The third-order valence-corrected chi connectivity index (χ3v) is 6.55. The number of para-hydroxylation sites is 1. The monoisotopic (exact) mass is 422 g/mol. The second-order valence-electron chi connectivity index (χ2n) is 9.99. The van der Waals surface area contributed by atoms with E-state index in [4.69, 9.17) is 5.10 Å². The average molecular weight is 423 g/mol. The van der Waals surface area contributed by atoms with Gasteiger partial charge in [-0.25, -0.2) is 4.68 Å². The number of piperidine rings is 1. The van der Waals surface area contributed by atoms with Gasteiger partial charge in [-0.3, -0.25) is 9.59 Å². The number of likely N-dealkylation sites (tertiary alicyclic amines) is 1. The molecule has 6 heteroatoms. The Bertz CT molecular complexity index is 915. The first-order chi connectivity index (χ1) is 14.8. The number of rotatable bonds is 4. The highest BCUT2D eigenvalue weighted by atomic mass is 16.2. The summed E-state index contributed by atoms with van der Waals surface area (Å²) in [6, 6.07) is 12.0. The summed E-state index contributed by atoms with van der Waals surface area (Å²) in [5, 5.41) is 8.03. The summed E-state index contributed by atoms with van der Waals surface area (Å²) in [4.78, 5) is 27.5. The second-order valence-corrected chi connectivity index (χ2v) is 9.99. The van der Waals surface area contributed by atoms with Crippen molar-refractivity contribution in [3.05, 3.63) is 42.1 Å². The molecule has 2 aliphatic rings. The third-order valence-electron chi connectivity index (χ3n) is 6.55. The first-order valence-corrected chi connectivity index (χ1v) is 11.6. The average Bonchev–Trinajstić information content (AvgIpc) is 3.43. The zero-order valence-electron chi connectivity index (χ0n) is 18.9. The van der Waals surface area contributed by atoms with Gasteiger partial charge >= 0.3 is 0 Å². The molecule has 6 nitrogen and oxygen atoms in total. The Labute approximate surface area is 185 Å². The molecule has 0 unspecified atom stereocenters. The van der Waals surface area contributed by atoms with Crippen molar-refractivity contribution >= 4 is 17.6 Å². The molecule has 2 amide bonds. The number of amides is 2. The van der Waals surface area contributed by atoms with Crippen molar-refractivity contribution in [2.45, 2.75) is 65.2 Å². The molecule has 0 spiro atoms. The molecule has 2 heterocycles. The molecule has 1 saturated heterocycles. The van der Waals surface area contributed by atoms with Crippen LogP contribution in [0.2, 0.25) is 0 Å². The topological polar surface area (TPSA) is 67.2 Å². The fraction of sp³-hybridized carbons (Fsp3) is 0.560. The van der Waals surface area contributed by atoms with Crippen molar-refractivity contribution in [3.63, 3.8) is 0 Å². The summed E-state index contributed by atoms with van der Waals surface area (Å²) in [7, 11) is 0. The van der Waals surface area contributed by atoms with E-state index in [1.807, 2.05) is 60.7 Å². The summed E-state index contributed by atoms with van der Waals surface area (Å²) >= 11 is 0. The SMILES string of the molecule is CC(C)(C)C(=O)N1CCC(C(=O)Nc2cc(C3CCCC3)nn2-c2ccccc2)CC1. The van der Waals surface area contributed by atoms with Gasteiger partial charge in [0, 0.05) is 36.4 Å². The lowest BCUT2D eigenvalue weighted by atomic mass is 9.90. The van der Waals surface area contributed by atoms with Gasteiger partial charge in [0.15, 0.2) is 0 Å². The fourth-order valence-corrected chi connectivity index (χ4v) is 4.72. The van der Waals surface area contributed by atoms with E-state index >= 15 is 0 Å². The molecule has 1 aliphatic heterocycles. The minimum atomic E-state index is -0.381. The largest absolute Gasteiger partial charge is 0.342 e. The number of nitrogens with zero attached hydrogens (tertiary/aromatic N) is 3. The van der Waals surface area contributed by atoms with E-state index < -0.39 is 0 Å². The number of aromatic nitrogens is 2. The number of carbonyl (C=O) groups is 2. The Morgan fingerprint density at radius 1 is 1.00 bits per heavy atom. The Hall–Kier alpha value is -2.63. The van der Waals surface area contributed by atoms with Crippen molar-refractivity contribution in [1.82, 2.24) is 14.7 Å². The molecule has 2 fully saturated rings. The van der Waals surface area contributed by atoms with E-state index in [9.17, 15) is 9.59 Å². The first-order valence-electron chi connectivity index (χ1n) is 11.6. The number of hydrogen-bond donors (Lipinski definition) is 1. The van der Waals surface area contributed by atoms with Crippen LogP contribution in [0.4, 0.5) is 5.82 Å². The molecular formula is C25H34N4O2. The first kappa shape index (κ1) is 21.6. The third kappa shape index (κ3) is 4.83. The Kier molecular flexibility index (Phi) is 6.17.